The molecular formula is C22H30ClN3O9S. The number of carbonyl (C=O) groups is 4. The van der Waals surface area contributed by atoms with Crippen LogP contribution in [0.3, 0.4) is 0 Å². The van der Waals surface area contributed by atoms with Gasteiger partial charge in [0.15, 0.2) is 0 Å². The lowest BCUT2D eigenvalue weighted by atomic mass is 9.95. The predicted molar refractivity (Wildman–Crippen MR) is 131 cm³/mol. The smallest absolute Gasteiger partial charge is 0.338 e. The maximum atomic E-state index is 13.4. The van der Waals surface area contributed by atoms with Gasteiger partial charge in [-0.3, -0.25) is 14.5 Å². The average Bonchev–Trinajstić information content (AvgIpc) is 2.81. The molecule has 0 aliphatic carbocycles. The lowest BCUT2D eigenvalue weighted by Gasteiger charge is -2.40. The van der Waals surface area contributed by atoms with Gasteiger partial charge in [0.1, 0.15) is 30.2 Å². The third kappa shape index (κ3) is 6.72. The maximum absolute atomic E-state index is 13.4. The van der Waals surface area contributed by atoms with Gasteiger partial charge in [0.25, 0.3) is 0 Å². The Labute approximate surface area is 218 Å². The minimum Gasteiger partial charge on any atom is -0.508 e. The topological polar surface area (TPSA) is 178 Å². The zero-order valence-corrected chi connectivity index (χ0v) is 21.4. The number of aromatic hydroxyl groups is 2. The molecule has 2 heterocycles. The van der Waals surface area contributed by atoms with E-state index in [0.29, 0.717) is 19.8 Å². The summed E-state index contributed by atoms with van der Waals surface area (Å²) in [5.74, 6) is -4.92. The van der Waals surface area contributed by atoms with E-state index >= 15 is 0 Å². The number of phenolic OH excluding ortho intramolecular Hbond substituents is 2. The number of hydrogen-bond donors (Lipinski definition) is 4. The summed E-state index contributed by atoms with van der Waals surface area (Å²) in [4.78, 5) is 52.9. The number of cyclic esters (lactones) is 1. The van der Waals surface area contributed by atoms with Crippen LogP contribution in [0.25, 0.3) is 0 Å². The first kappa shape index (κ1) is 29.5. The Morgan fingerprint density at radius 1 is 1.28 bits per heavy atom. The van der Waals surface area contributed by atoms with E-state index < -0.39 is 48.4 Å². The quantitative estimate of drug-likeness (QED) is 0.366. The molecule has 4 atom stereocenters. The van der Waals surface area contributed by atoms with Crippen LogP contribution in [-0.2, 0) is 34.3 Å². The summed E-state index contributed by atoms with van der Waals surface area (Å²) in [5, 5.41) is 22.8. The molecule has 1 fully saturated rings. The summed E-state index contributed by atoms with van der Waals surface area (Å²) in [6.45, 7) is 2.21. The van der Waals surface area contributed by atoms with Crippen molar-refractivity contribution in [3.05, 3.63) is 23.3 Å². The van der Waals surface area contributed by atoms with Crippen LogP contribution in [0.1, 0.15) is 22.8 Å². The molecule has 14 heteroatoms. The van der Waals surface area contributed by atoms with Crippen molar-refractivity contribution in [3.8, 4) is 11.5 Å². The Bertz CT molecular complexity index is 996. The zero-order valence-electron chi connectivity index (χ0n) is 19.8. The molecule has 0 saturated carbocycles. The highest BCUT2D eigenvalue weighted by Crippen LogP contribution is 2.32. The fraction of sp³-hybridized carbons (Fsp3) is 0.545. The molecule has 2 aliphatic heterocycles. The lowest BCUT2D eigenvalue weighted by Crippen LogP contribution is -2.61. The van der Waals surface area contributed by atoms with Crippen molar-refractivity contribution in [2.75, 3.05) is 39.2 Å². The van der Waals surface area contributed by atoms with Gasteiger partial charge in [-0.2, -0.15) is 11.8 Å². The number of phenols is 2. The van der Waals surface area contributed by atoms with Crippen LogP contribution in [0.4, 0.5) is 0 Å². The number of carbonyl (C=O) groups excluding carboxylic acids is 4. The number of nitrogens with zero attached hydrogens (tertiary/aromatic N) is 1. The number of rotatable bonds is 4. The van der Waals surface area contributed by atoms with Gasteiger partial charge in [-0.25, -0.2) is 9.59 Å². The number of nitrogens with two attached hydrogens (primary N) is 1. The summed E-state index contributed by atoms with van der Waals surface area (Å²) in [6, 6.07) is -0.260. The molecule has 36 heavy (non-hydrogen) atoms. The highest BCUT2D eigenvalue weighted by Gasteiger charge is 2.42. The summed E-state index contributed by atoms with van der Waals surface area (Å²) in [7, 11) is 1.18. The highest BCUT2D eigenvalue weighted by atomic mass is 35.5. The zero-order chi connectivity index (χ0) is 25.7. The molecule has 1 aromatic carbocycles. The number of fused-ring (bicyclic) bond motifs is 1. The number of halogens is 1. The minimum absolute atomic E-state index is 0. The number of primary amides is 1. The van der Waals surface area contributed by atoms with E-state index in [1.807, 2.05) is 6.92 Å². The SMILES string of the molecule is COC(=O)[C@@H]1CSCc2c(O)cc(O)cc2C(=O)OC[C@H](C(C(N)=O)N2CCOCC2C)C(=O)N1.Cl. The number of esters is 2. The van der Waals surface area contributed by atoms with E-state index in [2.05, 4.69) is 5.32 Å². The Morgan fingerprint density at radius 2 is 2.00 bits per heavy atom. The van der Waals surface area contributed by atoms with Gasteiger partial charge in [0.2, 0.25) is 11.8 Å². The van der Waals surface area contributed by atoms with Crippen molar-refractivity contribution in [2.24, 2.45) is 11.7 Å². The van der Waals surface area contributed by atoms with E-state index in [1.54, 1.807) is 4.90 Å². The molecule has 1 saturated heterocycles. The van der Waals surface area contributed by atoms with Crippen LogP contribution >= 0.6 is 24.2 Å². The lowest BCUT2D eigenvalue weighted by molar-refractivity contribution is -0.147. The van der Waals surface area contributed by atoms with E-state index in [9.17, 15) is 29.4 Å². The third-order valence-corrected chi connectivity index (χ3v) is 7.01. The van der Waals surface area contributed by atoms with E-state index in [1.165, 1.54) is 7.11 Å². The maximum Gasteiger partial charge on any atom is 0.338 e. The standard InChI is InChI=1S/C22H29N3O9S.ClH/c1-11-7-33-4-3-25(11)18(19(23)28)14-8-34-21(30)13-5-12(26)6-17(27)15(13)9-35-10-16(22(31)32-2)24-20(14)29;/h5-6,11,14,16,18,26-27H,3-4,7-10H2,1-2H3,(H2,23,28)(H,24,29);1H/t11?,14-,16+,18?;/m1./s1. The van der Waals surface area contributed by atoms with Crippen LogP contribution in [0.15, 0.2) is 12.1 Å². The van der Waals surface area contributed by atoms with Crippen molar-refractivity contribution in [1.82, 2.24) is 10.2 Å². The fourth-order valence-corrected chi connectivity index (χ4v) is 5.22. The monoisotopic (exact) mass is 547 g/mol. The second-order valence-electron chi connectivity index (χ2n) is 8.30. The van der Waals surface area contributed by atoms with Gasteiger partial charge in [0, 0.05) is 35.7 Å². The van der Waals surface area contributed by atoms with Crippen LogP contribution in [-0.4, -0.2) is 96.2 Å². The molecule has 3 rings (SSSR count). The van der Waals surface area contributed by atoms with Crippen molar-refractivity contribution in [3.63, 3.8) is 0 Å². The van der Waals surface area contributed by atoms with E-state index in [0.717, 1.165) is 23.9 Å². The molecule has 0 spiro atoms. The molecule has 2 aliphatic rings. The fourth-order valence-electron chi connectivity index (χ4n) is 4.14. The van der Waals surface area contributed by atoms with E-state index in [4.69, 9.17) is 19.9 Å². The molecule has 0 aromatic heterocycles. The molecule has 5 N–H and O–H groups in total. The third-order valence-electron chi connectivity index (χ3n) is 5.94. The van der Waals surface area contributed by atoms with Gasteiger partial charge < -0.3 is 35.5 Å². The molecule has 0 radical (unpaired) electrons. The first-order chi connectivity index (χ1) is 16.6. The number of amides is 2. The molecule has 12 nitrogen and oxygen atoms in total. The molecule has 2 amide bonds. The molecule has 200 valence electrons. The Morgan fingerprint density at radius 3 is 2.64 bits per heavy atom. The van der Waals surface area contributed by atoms with Crippen LogP contribution in [0, 0.1) is 5.92 Å². The van der Waals surface area contributed by atoms with Crippen LogP contribution < -0.4 is 11.1 Å². The second kappa shape index (κ2) is 13.0. The van der Waals surface area contributed by atoms with Crippen LogP contribution in [0.5, 0.6) is 11.5 Å². The number of morpholine rings is 1. The van der Waals surface area contributed by atoms with Crippen molar-refractivity contribution in [1.29, 1.82) is 0 Å². The van der Waals surface area contributed by atoms with Crippen molar-refractivity contribution >= 4 is 47.9 Å². The van der Waals surface area contributed by atoms with Gasteiger partial charge in [-0.05, 0) is 13.0 Å². The number of methoxy groups -OCH3 is 1. The Balaban J connectivity index is 0.00000456. The summed E-state index contributed by atoms with van der Waals surface area (Å²) < 4.78 is 15.6. The Hall–Kier alpha value is -2.74. The number of hydrogen-bond acceptors (Lipinski definition) is 11. The number of nitrogens with one attached hydrogen (secondary N) is 1. The number of ether oxygens (including phenoxy) is 3. The van der Waals surface area contributed by atoms with Crippen LogP contribution in [0.2, 0.25) is 0 Å². The van der Waals surface area contributed by atoms with Gasteiger partial charge in [-0.1, -0.05) is 0 Å². The Kier molecular flexibility index (Phi) is 10.6. The summed E-state index contributed by atoms with van der Waals surface area (Å²) in [6.07, 6.45) is 0. The van der Waals surface area contributed by atoms with Gasteiger partial charge in [-0.15, -0.1) is 12.4 Å². The second-order valence-corrected chi connectivity index (χ2v) is 9.33. The van der Waals surface area contributed by atoms with Gasteiger partial charge >= 0.3 is 11.9 Å². The highest BCUT2D eigenvalue weighted by molar-refractivity contribution is 7.98. The van der Waals surface area contributed by atoms with Crippen molar-refractivity contribution in [2.45, 2.75) is 30.8 Å². The van der Waals surface area contributed by atoms with Gasteiger partial charge in [0.05, 0.1) is 31.8 Å². The molecular weight excluding hydrogens is 518 g/mol. The van der Waals surface area contributed by atoms with E-state index in [-0.39, 0.29) is 52.6 Å². The molecule has 0 bridgehead atoms. The van der Waals surface area contributed by atoms with Crippen molar-refractivity contribution < 1.29 is 43.6 Å². The predicted octanol–water partition coefficient (Wildman–Crippen LogP) is -0.228. The molecule has 1 aromatic rings. The molecule has 2 unspecified atom stereocenters. The summed E-state index contributed by atoms with van der Waals surface area (Å²) >= 11 is 1.15. The largest absolute Gasteiger partial charge is 0.508 e. The summed E-state index contributed by atoms with van der Waals surface area (Å²) in [5.41, 5.74) is 5.80. The number of benzene rings is 1. The first-order valence-electron chi connectivity index (χ1n) is 10.9. The number of thioether (sulfide) groups is 1. The minimum atomic E-state index is -1.26. The average molecular weight is 548 g/mol. The normalized spacial score (nSPS) is 24.4. The first-order valence-corrected chi connectivity index (χ1v) is 12.1.